The highest BCUT2D eigenvalue weighted by molar-refractivity contribution is 6.16. The minimum Gasteiger partial charge on any atom is -0.368 e. The second-order valence-electron chi connectivity index (χ2n) is 6.24. The zero-order chi connectivity index (χ0) is 17.3. The van der Waals surface area contributed by atoms with Gasteiger partial charge in [0, 0.05) is 23.2 Å². The zero-order valence-electron chi connectivity index (χ0n) is 13.6. The van der Waals surface area contributed by atoms with Crippen LogP contribution in [0.25, 0.3) is 0 Å². The number of fused-ring (bicyclic) bond motifs is 1. The number of para-hydroxylation sites is 1. The second-order valence-corrected chi connectivity index (χ2v) is 6.24. The molecule has 1 heterocycles. The van der Waals surface area contributed by atoms with Crippen LogP contribution in [0.2, 0.25) is 0 Å². The van der Waals surface area contributed by atoms with Crippen molar-refractivity contribution in [2.24, 2.45) is 0 Å². The van der Waals surface area contributed by atoms with Gasteiger partial charge in [-0.1, -0.05) is 72.8 Å². The van der Waals surface area contributed by atoms with Gasteiger partial charge >= 0.3 is 0 Å². The summed E-state index contributed by atoms with van der Waals surface area (Å²) in [6, 6.07) is 26.0. The number of hydrogen-bond donors (Lipinski definition) is 1. The molecule has 0 amide bonds. The van der Waals surface area contributed by atoms with Crippen molar-refractivity contribution >= 4 is 17.3 Å². The summed E-state index contributed by atoms with van der Waals surface area (Å²) in [5.74, 6) is -0.114. The molecule has 4 rings (SSSR count). The molecule has 0 radical (unpaired) electrons. The molecule has 0 aromatic heterocycles. The normalized spacial score (nSPS) is 18.5. The molecule has 0 aliphatic carbocycles. The van der Waals surface area contributed by atoms with Gasteiger partial charge in [0.25, 0.3) is 0 Å². The largest absolute Gasteiger partial charge is 0.368 e. The highest BCUT2D eigenvalue weighted by Crippen LogP contribution is 2.42. The molecule has 122 valence electrons. The van der Waals surface area contributed by atoms with Crippen LogP contribution in [-0.2, 0) is 5.54 Å². The molecule has 0 fully saturated rings. The molecule has 3 aromatic rings. The molecule has 1 N–H and O–H groups in total. The van der Waals surface area contributed by atoms with Crippen molar-refractivity contribution in [1.82, 2.24) is 0 Å². The van der Waals surface area contributed by atoms with E-state index in [1.807, 2.05) is 72.8 Å². The molecule has 1 aliphatic heterocycles. The zero-order valence-corrected chi connectivity index (χ0v) is 13.6. The Morgan fingerprint density at radius 1 is 0.800 bits per heavy atom. The van der Waals surface area contributed by atoms with Gasteiger partial charge in [0.05, 0.1) is 0 Å². The van der Waals surface area contributed by atoms with E-state index in [2.05, 4.69) is 5.32 Å². The van der Waals surface area contributed by atoms with Gasteiger partial charge < -0.3 is 5.32 Å². The summed E-state index contributed by atoms with van der Waals surface area (Å²) in [5, 5.41) is 3.34. The average Bonchev–Trinajstić information content (AvgIpc) is 2.96. The van der Waals surface area contributed by atoms with E-state index in [1.54, 1.807) is 12.1 Å². The lowest BCUT2D eigenvalue weighted by Gasteiger charge is -2.28. The summed E-state index contributed by atoms with van der Waals surface area (Å²) in [6.07, 6.45) is 0.0779. The van der Waals surface area contributed by atoms with Gasteiger partial charge in [-0.2, -0.15) is 0 Å². The number of benzene rings is 3. The number of anilines is 1. The van der Waals surface area contributed by atoms with Crippen LogP contribution in [0.1, 0.15) is 32.7 Å². The van der Waals surface area contributed by atoms with E-state index in [9.17, 15) is 9.59 Å². The highest BCUT2D eigenvalue weighted by atomic mass is 16.1. The average molecular weight is 327 g/mol. The molecule has 0 saturated carbocycles. The van der Waals surface area contributed by atoms with Crippen molar-refractivity contribution in [2.45, 2.75) is 12.0 Å². The van der Waals surface area contributed by atoms with Crippen LogP contribution in [0.3, 0.4) is 0 Å². The lowest BCUT2D eigenvalue weighted by molar-refractivity contribution is 0.0846. The first kappa shape index (κ1) is 15.3. The van der Waals surface area contributed by atoms with Crippen molar-refractivity contribution in [3.63, 3.8) is 0 Å². The summed E-state index contributed by atoms with van der Waals surface area (Å²) in [7, 11) is 0. The summed E-state index contributed by atoms with van der Waals surface area (Å²) in [5.41, 5.74) is 1.77. The summed E-state index contributed by atoms with van der Waals surface area (Å²) < 4.78 is 0. The van der Waals surface area contributed by atoms with Crippen LogP contribution in [0.15, 0.2) is 84.9 Å². The van der Waals surface area contributed by atoms with Crippen molar-refractivity contribution in [3.8, 4) is 0 Å². The Morgan fingerprint density at radius 3 is 2.08 bits per heavy atom. The van der Waals surface area contributed by atoms with Gasteiger partial charge in [-0.3, -0.25) is 9.59 Å². The van der Waals surface area contributed by atoms with Gasteiger partial charge in [0.2, 0.25) is 0 Å². The quantitative estimate of drug-likeness (QED) is 0.720. The molecule has 1 unspecified atom stereocenters. The number of carbonyl (C=O) groups is 2. The number of rotatable bonds is 4. The van der Waals surface area contributed by atoms with E-state index in [0.717, 1.165) is 11.3 Å². The standard InChI is InChI=1S/C22H17NO2/c24-20(16-9-3-1-4-10-16)15-22(17-11-5-2-6-12-17)21(25)18-13-7-8-14-19(18)23-22/h1-14,23H,15H2. The van der Waals surface area contributed by atoms with Gasteiger partial charge in [0.1, 0.15) is 5.54 Å². The maximum absolute atomic E-state index is 13.3. The van der Waals surface area contributed by atoms with E-state index in [4.69, 9.17) is 0 Å². The Kier molecular flexibility index (Phi) is 3.69. The van der Waals surface area contributed by atoms with E-state index in [1.165, 1.54) is 0 Å². The maximum atomic E-state index is 13.3. The third-order valence-corrected chi connectivity index (χ3v) is 4.70. The first-order chi connectivity index (χ1) is 12.2. The molecule has 3 nitrogen and oxygen atoms in total. The van der Waals surface area contributed by atoms with Crippen LogP contribution in [-0.4, -0.2) is 11.6 Å². The Labute approximate surface area is 146 Å². The summed E-state index contributed by atoms with van der Waals surface area (Å²) in [4.78, 5) is 26.2. The predicted molar refractivity (Wildman–Crippen MR) is 97.9 cm³/mol. The van der Waals surface area contributed by atoms with Gasteiger partial charge in [0.15, 0.2) is 11.6 Å². The number of carbonyl (C=O) groups excluding carboxylic acids is 2. The van der Waals surface area contributed by atoms with E-state index < -0.39 is 5.54 Å². The highest BCUT2D eigenvalue weighted by Gasteiger charge is 2.47. The summed E-state index contributed by atoms with van der Waals surface area (Å²) in [6.45, 7) is 0. The molecule has 1 aliphatic rings. The third kappa shape index (κ3) is 2.54. The van der Waals surface area contributed by atoms with Crippen LogP contribution in [0, 0.1) is 0 Å². The first-order valence-electron chi connectivity index (χ1n) is 8.26. The van der Waals surface area contributed by atoms with Crippen LogP contribution in [0.5, 0.6) is 0 Å². The number of nitrogens with one attached hydrogen (secondary N) is 1. The van der Waals surface area contributed by atoms with Crippen LogP contribution in [0.4, 0.5) is 5.69 Å². The fraction of sp³-hybridized carbons (Fsp3) is 0.0909. The molecule has 1 atom stereocenters. The topological polar surface area (TPSA) is 46.2 Å². The number of hydrogen-bond acceptors (Lipinski definition) is 3. The van der Waals surface area contributed by atoms with Gasteiger partial charge in [-0.15, -0.1) is 0 Å². The molecule has 3 aromatic carbocycles. The van der Waals surface area contributed by atoms with Crippen molar-refractivity contribution in [1.29, 1.82) is 0 Å². The monoisotopic (exact) mass is 327 g/mol. The molecule has 0 saturated heterocycles. The molecular formula is C22H17NO2. The van der Waals surface area contributed by atoms with E-state index in [0.29, 0.717) is 11.1 Å². The lowest BCUT2D eigenvalue weighted by Crippen LogP contribution is -2.40. The minimum atomic E-state index is -1.06. The predicted octanol–water partition coefficient (Wildman–Crippen LogP) is 4.46. The molecule has 0 bridgehead atoms. The van der Waals surface area contributed by atoms with Crippen LogP contribution < -0.4 is 5.32 Å². The van der Waals surface area contributed by atoms with Crippen molar-refractivity contribution in [2.75, 3.05) is 5.32 Å². The third-order valence-electron chi connectivity index (χ3n) is 4.70. The van der Waals surface area contributed by atoms with Gasteiger partial charge in [-0.05, 0) is 17.7 Å². The van der Waals surface area contributed by atoms with Gasteiger partial charge in [-0.25, -0.2) is 0 Å². The molecular weight excluding hydrogens is 310 g/mol. The second kappa shape index (κ2) is 6.02. The number of ketones is 2. The summed E-state index contributed by atoms with van der Waals surface area (Å²) >= 11 is 0. The lowest BCUT2D eigenvalue weighted by atomic mass is 9.80. The molecule has 3 heteroatoms. The van der Waals surface area contributed by atoms with E-state index >= 15 is 0 Å². The number of Topliss-reactive ketones (excluding diaryl/α,β-unsaturated/α-hetero) is 2. The Bertz CT molecular complexity index is 935. The SMILES string of the molecule is O=C(CC1(c2ccccc2)Nc2ccccc2C1=O)c1ccccc1. The minimum absolute atomic E-state index is 0.0569. The maximum Gasteiger partial charge on any atom is 0.195 e. The smallest absolute Gasteiger partial charge is 0.195 e. The Morgan fingerprint density at radius 2 is 1.40 bits per heavy atom. The van der Waals surface area contributed by atoms with Crippen molar-refractivity contribution in [3.05, 3.63) is 102 Å². The molecule has 25 heavy (non-hydrogen) atoms. The Balaban J connectivity index is 1.80. The van der Waals surface area contributed by atoms with Crippen molar-refractivity contribution < 1.29 is 9.59 Å². The Hall–Kier alpha value is -3.20. The first-order valence-corrected chi connectivity index (χ1v) is 8.26. The van der Waals surface area contributed by atoms with E-state index in [-0.39, 0.29) is 18.0 Å². The molecule has 0 spiro atoms. The fourth-order valence-electron chi connectivity index (χ4n) is 3.43. The van der Waals surface area contributed by atoms with Crippen LogP contribution >= 0.6 is 0 Å². The fourth-order valence-corrected chi connectivity index (χ4v) is 3.43.